The predicted molar refractivity (Wildman–Crippen MR) is 331 cm³/mol. The van der Waals surface area contributed by atoms with E-state index in [1.54, 1.807) is 0 Å². The van der Waals surface area contributed by atoms with Crippen molar-refractivity contribution in [1.29, 1.82) is 0 Å². The van der Waals surface area contributed by atoms with Gasteiger partial charge < -0.3 is 73.4 Å². The number of aliphatic hydroxyl groups is 2. The number of amides is 6. The average Bonchev–Trinajstić information content (AvgIpc) is 1.95. The Balaban J connectivity index is 1.31. The molecule has 2 aromatic rings. The van der Waals surface area contributed by atoms with E-state index in [0.29, 0.717) is 75.6 Å². The summed E-state index contributed by atoms with van der Waals surface area (Å²) in [6, 6.07) is 1.95. The van der Waals surface area contributed by atoms with Gasteiger partial charge in [0.1, 0.15) is 23.6 Å². The SMILES string of the molecule is CC(=O)C(CCCCN)CC(=O)C(Cc1ccc(O)c(O)c1)NC(=O)C(CC(=O)C1CCCN1C(=O)C1CCCN1C(=O)C(Cc1ccc(O)cc1)NC(=O)C(CO)CC(=O)C1CCCN1C(=O)C(CCCCN)CC(=O)C(C)NC(=O)C(N)CS)C(C)O. The second-order valence-corrected chi connectivity index (χ2v) is 24.5. The fraction of sp³-hybridized carbons (Fsp3) is 0.635. The van der Waals surface area contributed by atoms with E-state index in [0.717, 1.165) is 0 Å². The molecule has 0 aliphatic carbocycles. The zero-order valence-corrected chi connectivity index (χ0v) is 52.3. The van der Waals surface area contributed by atoms with Crippen molar-refractivity contribution in [1.82, 2.24) is 30.7 Å². The molecule has 14 N–H and O–H groups in total. The van der Waals surface area contributed by atoms with Crippen LogP contribution in [-0.4, -0.2) is 198 Å². The van der Waals surface area contributed by atoms with Crippen molar-refractivity contribution in [3.8, 4) is 17.2 Å². The van der Waals surface area contributed by atoms with Crippen molar-refractivity contribution < 1.29 is 78.3 Å². The van der Waals surface area contributed by atoms with E-state index in [2.05, 4.69) is 28.6 Å². The lowest BCUT2D eigenvalue weighted by atomic mass is 9.88. The van der Waals surface area contributed by atoms with Gasteiger partial charge >= 0.3 is 0 Å². The highest BCUT2D eigenvalue weighted by molar-refractivity contribution is 7.80. The summed E-state index contributed by atoms with van der Waals surface area (Å²) in [5.41, 5.74) is 18.0. The molecule has 0 aromatic heterocycles. The Bertz CT molecular complexity index is 2810. The van der Waals surface area contributed by atoms with Gasteiger partial charge in [0.15, 0.2) is 34.6 Å². The van der Waals surface area contributed by atoms with Gasteiger partial charge in [-0.15, -0.1) is 0 Å². The molecule has 6 amide bonds. The van der Waals surface area contributed by atoms with Crippen LogP contribution in [0.15, 0.2) is 42.5 Å². The van der Waals surface area contributed by atoms with Crippen molar-refractivity contribution in [2.24, 2.45) is 40.9 Å². The van der Waals surface area contributed by atoms with Gasteiger partial charge in [-0.2, -0.15) is 12.6 Å². The number of nitrogens with zero attached hydrogens (tertiary/aromatic N) is 3. The lowest BCUT2D eigenvalue weighted by Gasteiger charge is -2.34. The van der Waals surface area contributed by atoms with Crippen LogP contribution in [-0.2, 0) is 65.6 Å². The van der Waals surface area contributed by atoms with Crippen LogP contribution < -0.4 is 33.2 Å². The van der Waals surface area contributed by atoms with Gasteiger partial charge in [-0.1, -0.05) is 31.0 Å². The second kappa shape index (κ2) is 35.5. The first-order chi connectivity index (χ1) is 42.3. The molecular weight excluding hydrogens is 1170 g/mol. The largest absolute Gasteiger partial charge is 0.508 e. The molecule has 0 spiro atoms. The van der Waals surface area contributed by atoms with E-state index in [4.69, 9.17) is 17.2 Å². The number of carbonyl (C=O) groups excluding carboxylic acids is 11. The molecular formula is C63H93N9O16S. The molecule has 5 rings (SSSR count). The first-order valence-corrected chi connectivity index (χ1v) is 31.8. The summed E-state index contributed by atoms with van der Waals surface area (Å²) >= 11 is 4.04. The molecule has 26 heteroatoms. The first-order valence-electron chi connectivity index (χ1n) is 31.1. The number of unbranched alkanes of at least 4 members (excludes halogenated alkanes) is 2. The fourth-order valence-electron chi connectivity index (χ4n) is 12.0. The summed E-state index contributed by atoms with van der Waals surface area (Å²) in [5, 5.41) is 60.0. The summed E-state index contributed by atoms with van der Waals surface area (Å²) in [6.45, 7) is 4.43. The van der Waals surface area contributed by atoms with Gasteiger partial charge in [0.05, 0.1) is 54.8 Å². The number of aromatic hydroxyl groups is 3. The maximum absolute atomic E-state index is 14.9. The molecule has 12 unspecified atom stereocenters. The molecule has 0 radical (unpaired) electrons. The maximum atomic E-state index is 14.9. The third-order valence-corrected chi connectivity index (χ3v) is 17.8. The highest BCUT2D eigenvalue weighted by atomic mass is 32.1. The number of hydrogen-bond acceptors (Lipinski definition) is 20. The molecule has 2 aromatic carbocycles. The molecule has 0 bridgehead atoms. The Hall–Kier alpha value is -6.84. The van der Waals surface area contributed by atoms with Crippen LogP contribution in [0.4, 0.5) is 0 Å². The predicted octanol–water partition coefficient (Wildman–Crippen LogP) is 0.815. The number of phenolic OH excluding ortho intramolecular Hbond substituents is 3. The average molecular weight is 1260 g/mol. The smallest absolute Gasteiger partial charge is 0.246 e. The van der Waals surface area contributed by atoms with Gasteiger partial charge in [0.25, 0.3) is 0 Å². The Morgan fingerprint density at radius 2 is 1.12 bits per heavy atom. The van der Waals surface area contributed by atoms with E-state index >= 15 is 0 Å². The van der Waals surface area contributed by atoms with Crippen molar-refractivity contribution >= 4 is 77.0 Å². The molecule has 89 heavy (non-hydrogen) atoms. The van der Waals surface area contributed by atoms with Gasteiger partial charge in [0.2, 0.25) is 35.4 Å². The van der Waals surface area contributed by atoms with E-state index in [1.165, 1.54) is 77.9 Å². The van der Waals surface area contributed by atoms with Crippen LogP contribution >= 0.6 is 12.6 Å². The fourth-order valence-corrected chi connectivity index (χ4v) is 12.2. The second-order valence-electron chi connectivity index (χ2n) is 24.1. The number of likely N-dealkylation sites (tertiary alicyclic amines) is 3. The minimum atomic E-state index is -1.44. The minimum Gasteiger partial charge on any atom is -0.508 e. The van der Waals surface area contributed by atoms with Gasteiger partial charge in [-0.3, -0.25) is 52.7 Å². The molecule has 0 saturated carbocycles. The summed E-state index contributed by atoms with van der Waals surface area (Å²) in [4.78, 5) is 158. The molecule has 3 heterocycles. The molecule has 3 fully saturated rings. The zero-order valence-electron chi connectivity index (χ0n) is 51.4. The van der Waals surface area contributed by atoms with Crippen molar-refractivity contribution in [2.45, 2.75) is 185 Å². The lowest BCUT2D eigenvalue weighted by molar-refractivity contribution is -0.148. The maximum Gasteiger partial charge on any atom is 0.246 e. The number of nitrogens with two attached hydrogens (primary N) is 3. The molecule has 3 aliphatic rings. The molecule has 492 valence electrons. The van der Waals surface area contributed by atoms with E-state index in [1.807, 2.05) is 0 Å². The van der Waals surface area contributed by atoms with Gasteiger partial charge in [-0.25, -0.2) is 0 Å². The standard InChI is InChI=1S/C63H93N9O16S/c1-36(67-60(85)46(66)35-89)53(78)31-42(12-5-7-23-65)61(86)70-24-8-13-49(70)55(80)32-43(34-73)58(83)69-48(27-39-16-19-44(76)20-17-39)62(87)72-26-10-15-51(72)63(88)71-25-9-14-50(71)56(81)33-45(38(3)75)59(84)68-47(28-40-18-21-52(77)57(82)29-40)54(79)30-41(37(2)74)11-4-6-22-64/h16-21,29,36,38,41-43,45-51,73,75-77,82,89H,4-15,22-28,30-35,64-66H2,1-3H3,(H,67,85)(H,68,84)(H,69,83). The summed E-state index contributed by atoms with van der Waals surface area (Å²) in [6.07, 6.45) is 1.36. The van der Waals surface area contributed by atoms with Gasteiger partial charge in [0, 0.05) is 69.3 Å². The normalized spacial score (nSPS) is 19.7. The molecule has 3 aliphatic heterocycles. The summed E-state index contributed by atoms with van der Waals surface area (Å²) in [7, 11) is 0. The van der Waals surface area contributed by atoms with Crippen LogP contribution in [0.3, 0.4) is 0 Å². The number of ketones is 5. The number of nitrogens with one attached hydrogen (secondary N) is 3. The number of phenols is 3. The molecule has 12 atom stereocenters. The number of carbonyl (C=O) groups is 11. The van der Waals surface area contributed by atoms with Crippen LogP contribution in [0.2, 0.25) is 0 Å². The third kappa shape index (κ3) is 20.9. The van der Waals surface area contributed by atoms with Gasteiger partial charge in [-0.05, 0) is 140 Å². The molecule has 25 nitrogen and oxygen atoms in total. The Labute approximate surface area is 525 Å². The number of benzene rings is 2. The summed E-state index contributed by atoms with van der Waals surface area (Å²) in [5.74, 6) is -11.6. The first kappa shape index (κ1) is 72.9. The van der Waals surface area contributed by atoms with Crippen LogP contribution in [0.1, 0.15) is 135 Å². The highest BCUT2D eigenvalue weighted by Gasteiger charge is 2.46. The van der Waals surface area contributed by atoms with Crippen LogP contribution in [0.5, 0.6) is 17.2 Å². The Morgan fingerprint density at radius 3 is 1.70 bits per heavy atom. The molecule has 3 saturated heterocycles. The quantitative estimate of drug-likeness (QED) is 0.0253. The Morgan fingerprint density at radius 1 is 0.596 bits per heavy atom. The monoisotopic (exact) mass is 1260 g/mol. The summed E-state index contributed by atoms with van der Waals surface area (Å²) < 4.78 is 0. The van der Waals surface area contributed by atoms with Crippen molar-refractivity contribution in [3.63, 3.8) is 0 Å². The Kier molecular flexibility index (Phi) is 29.1. The van der Waals surface area contributed by atoms with Crippen LogP contribution in [0, 0.1) is 23.7 Å². The third-order valence-electron chi connectivity index (χ3n) is 17.4. The van der Waals surface area contributed by atoms with Crippen molar-refractivity contribution in [3.05, 3.63) is 53.6 Å². The van der Waals surface area contributed by atoms with E-state index in [9.17, 15) is 78.3 Å². The number of rotatable bonds is 37. The number of aliphatic hydroxyl groups excluding tert-OH is 2. The number of Topliss-reactive ketones (excluding diaryl/α,β-unsaturated/α-hetero) is 5. The van der Waals surface area contributed by atoms with E-state index in [-0.39, 0.29) is 88.3 Å². The topological polar surface area (TPSA) is 413 Å². The highest BCUT2D eigenvalue weighted by Crippen LogP contribution is 2.31. The number of hydrogen-bond donors (Lipinski definition) is 12. The van der Waals surface area contributed by atoms with Crippen molar-refractivity contribution in [2.75, 3.05) is 45.1 Å². The minimum absolute atomic E-state index is 0.0467. The zero-order chi connectivity index (χ0) is 65.6. The van der Waals surface area contributed by atoms with Crippen LogP contribution in [0.25, 0.3) is 0 Å². The lowest BCUT2D eigenvalue weighted by Crippen LogP contribution is -2.56. The van der Waals surface area contributed by atoms with E-state index < -0.39 is 162 Å². The number of thiol groups is 1.